The summed E-state index contributed by atoms with van der Waals surface area (Å²) < 4.78 is 0. The number of rotatable bonds is 3. The van der Waals surface area contributed by atoms with E-state index in [1.807, 2.05) is 11.8 Å². The first kappa shape index (κ1) is 12.6. The minimum atomic E-state index is -0.259. The standard InChI is InChI=1S/C12H18N4O2/c1-8-10(7-14-15-8)12(18)16-4-2-9(3-5-16)6-11(13)17/h7,9H,2-6H2,1H3,(H2,13,17)(H,14,15). The molecular weight excluding hydrogens is 232 g/mol. The summed E-state index contributed by atoms with van der Waals surface area (Å²) in [7, 11) is 0. The van der Waals surface area contributed by atoms with Gasteiger partial charge in [0.15, 0.2) is 0 Å². The van der Waals surface area contributed by atoms with Crippen LogP contribution >= 0.6 is 0 Å². The van der Waals surface area contributed by atoms with E-state index in [2.05, 4.69) is 10.2 Å². The minimum Gasteiger partial charge on any atom is -0.370 e. The van der Waals surface area contributed by atoms with E-state index in [9.17, 15) is 9.59 Å². The second kappa shape index (κ2) is 5.20. The molecule has 1 aromatic rings. The van der Waals surface area contributed by atoms with Crippen molar-refractivity contribution in [3.63, 3.8) is 0 Å². The maximum atomic E-state index is 12.2. The van der Waals surface area contributed by atoms with E-state index in [1.165, 1.54) is 0 Å². The van der Waals surface area contributed by atoms with E-state index in [1.54, 1.807) is 6.20 Å². The zero-order chi connectivity index (χ0) is 13.1. The van der Waals surface area contributed by atoms with E-state index >= 15 is 0 Å². The lowest BCUT2D eigenvalue weighted by molar-refractivity contribution is -0.119. The van der Waals surface area contributed by atoms with Crippen LogP contribution in [-0.4, -0.2) is 40.0 Å². The maximum absolute atomic E-state index is 12.2. The molecule has 1 aliphatic heterocycles. The second-order valence-corrected chi connectivity index (χ2v) is 4.81. The van der Waals surface area contributed by atoms with Crippen molar-refractivity contribution in [1.29, 1.82) is 0 Å². The van der Waals surface area contributed by atoms with Gasteiger partial charge in [-0.15, -0.1) is 0 Å². The van der Waals surface area contributed by atoms with E-state index in [4.69, 9.17) is 5.73 Å². The van der Waals surface area contributed by atoms with E-state index in [0.29, 0.717) is 31.0 Å². The number of piperidine rings is 1. The molecule has 2 heterocycles. The summed E-state index contributed by atoms with van der Waals surface area (Å²) in [6.07, 6.45) is 3.66. The van der Waals surface area contributed by atoms with Crippen LogP contribution in [0, 0.1) is 12.8 Å². The van der Waals surface area contributed by atoms with E-state index < -0.39 is 0 Å². The molecule has 0 radical (unpaired) electrons. The Morgan fingerprint density at radius 1 is 1.50 bits per heavy atom. The number of aromatic nitrogens is 2. The lowest BCUT2D eigenvalue weighted by Gasteiger charge is -2.31. The summed E-state index contributed by atoms with van der Waals surface area (Å²) in [4.78, 5) is 24.8. The SMILES string of the molecule is Cc1[nH]ncc1C(=O)N1CCC(CC(N)=O)CC1. The highest BCUT2D eigenvalue weighted by atomic mass is 16.2. The summed E-state index contributed by atoms with van der Waals surface area (Å²) in [6.45, 7) is 3.20. The topological polar surface area (TPSA) is 92.1 Å². The fourth-order valence-electron chi connectivity index (χ4n) is 2.36. The number of carbonyl (C=O) groups is 2. The Balaban J connectivity index is 1.92. The van der Waals surface area contributed by atoms with E-state index in [0.717, 1.165) is 18.5 Å². The zero-order valence-corrected chi connectivity index (χ0v) is 10.5. The average molecular weight is 250 g/mol. The molecule has 18 heavy (non-hydrogen) atoms. The molecule has 1 aliphatic rings. The van der Waals surface area contributed by atoms with Crippen molar-refractivity contribution in [2.24, 2.45) is 11.7 Å². The number of nitrogens with one attached hydrogen (secondary N) is 1. The van der Waals surface area contributed by atoms with Gasteiger partial charge in [0.05, 0.1) is 11.8 Å². The van der Waals surface area contributed by atoms with Crippen molar-refractivity contribution in [1.82, 2.24) is 15.1 Å². The summed E-state index contributed by atoms with van der Waals surface area (Å²) >= 11 is 0. The van der Waals surface area contributed by atoms with Gasteiger partial charge in [-0.1, -0.05) is 0 Å². The number of amides is 2. The number of aryl methyl sites for hydroxylation is 1. The molecular formula is C12H18N4O2. The number of primary amides is 1. The molecule has 0 bridgehead atoms. The molecule has 2 amide bonds. The van der Waals surface area contributed by atoms with Gasteiger partial charge in [0.1, 0.15) is 0 Å². The van der Waals surface area contributed by atoms with Gasteiger partial charge in [-0.2, -0.15) is 5.10 Å². The molecule has 1 aromatic heterocycles. The van der Waals surface area contributed by atoms with Crippen LogP contribution in [0.3, 0.4) is 0 Å². The van der Waals surface area contributed by atoms with Gasteiger partial charge in [0, 0.05) is 25.2 Å². The number of hydrogen-bond donors (Lipinski definition) is 2. The Hall–Kier alpha value is -1.85. The monoisotopic (exact) mass is 250 g/mol. The second-order valence-electron chi connectivity index (χ2n) is 4.81. The van der Waals surface area contributed by atoms with Crippen LogP contribution in [0.4, 0.5) is 0 Å². The number of nitrogens with zero attached hydrogens (tertiary/aromatic N) is 2. The summed E-state index contributed by atoms with van der Waals surface area (Å²) in [5, 5.41) is 6.62. The van der Waals surface area contributed by atoms with Crippen LogP contribution in [0.25, 0.3) is 0 Å². The van der Waals surface area contributed by atoms with Crippen molar-refractivity contribution < 1.29 is 9.59 Å². The van der Waals surface area contributed by atoms with Gasteiger partial charge in [0.25, 0.3) is 5.91 Å². The van der Waals surface area contributed by atoms with Crippen LogP contribution < -0.4 is 5.73 Å². The molecule has 2 rings (SSSR count). The number of aromatic amines is 1. The van der Waals surface area contributed by atoms with Crippen LogP contribution in [0.2, 0.25) is 0 Å². The zero-order valence-electron chi connectivity index (χ0n) is 10.5. The van der Waals surface area contributed by atoms with Gasteiger partial charge in [0.2, 0.25) is 5.91 Å². The quantitative estimate of drug-likeness (QED) is 0.815. The molecule has 0 aromatic carbocycles. The molecule has 6 heteroatoms. The first-order valence-electron chi connectivity index (χ1n) is 6.15. The Morgan fingerprint density at radius 2 is 2.17 bits per heavy atom. The van der Waals surface area contributed by atoms with Gasteiger partial charge < -0.3 is 10.6 Å². The normalized spacial score (nSPS) is 16.8. The Bertz CT molecular complexity index is 447. The van der Waals surface area contributed by atoms with Crippen molar-refractivity contribution >= 4 is 11.8 Å². The summed E-state index contributed by atoms with van der Waals surface area (Å²) in [5.41, 5.74) is 6.60. The van der Waals surface area contributed by atoms with Crippen LogP contribution in [0.15, 0.2) is 6.20 Å². The fraction of sp³-hybridized carbons (Fsp3) is 0.583. The predicted octanol–water partition coefficient (Wildman–Crippen LogP) is 0.446. The highest BCUT2D eigenvalue weighted by Crippen LogP contribution is 2.21. The number of hydrogen-bond acceptors (Lipinski definition) is 3. The molecule has 98 valence electrons. The van der Waals surface area contributed by atoms with Crippen molar-refractivity contribution in [3.8, 4) is 0 Å². The van der Waals surface area contributed by atoms with E-state index in [-0.39, 0.29) is 11.8 Å². The smallest absolute Gasteiger partial charge is 0.257 e. The Morgan fingerprint density at radius 3 is 2.67 bits per heavy atom. The predicted molar refractivity (Wildman–Crippen MR) is 65.8 cm³/mol. The Kier molecular flexibility index (Phi) is 3.64. The molecule has 0 saturated carbocycles. The number of likely N-dealkylation sites (tertiary alicyclic amines) is 1. The summed E-state index contributed by atoms with van der Waals surface area (Å²) in [6, 6.07) is 0. The molecule has 0 aliphatic carbocycles. The molecule has 3 N–H and O–H groups in total. The molecule has 6 nitrogen and oxygen atoms in total. The third-order valence-electron chi connectivity index (χ3n) is 3.45. The first-order chi connectivity index (χ1) is 8.58. The lowest BCUT2D eigenvalue weighted by Crippen LogP contribution is -2.39. The fourth-order valence-corrected chi connectivity index (χ4v) is 2.36. The van der Waals surface area contributed by atoms with Gasteiger partial charge in [-0.3, -0.25) is 14.7 Å². The van der Waals surface area contributed by atoms with Crippen molar-refractivity contribution in [2.45, 2.75) is 26.2 Å². The molecule has 1 fully saturated rings. The largest absolute Gasteiger partial charge is 0.370 e. The van der Waals surface area contributed by atoms with Gasteiger partial charge in [-0.25, -0.2) is 0 Å². The van der Waals surface area contributed by atoms with Crippen LogP contribution in [0.1, 0.15) is 35.3 Å². The van der Waals surface area contributed by atoms with Crippen LogP contribution in [0.5, 0.6) is 0 Å². The molecule has 0 atom stereocenters. The molecule has 0 spiro atoms. The number of nitrogens with two attached hydrogens (primary N) is 1. The number of carbonyl (C=O) groups excluding carboxylic acids is 2. The third kappa shape index (κ3) is 2.69. The third-order valence-corrected chi connectivity index (χ3v) is 3.45. The van der Waals surface area contributed by atoms with Crippen molar-refractivity contribution in [3.05, 3.63) is 17.5 Å². The highest BCUT2D eigenvalue weighted by Gasteiger charge is 2.25. The number of H-pyrrole nitrogens is 1. The lowest BCUT2D eigenvalue weighted by atomic mass is 9.93. The van der Waals surface area contributed by atoms with Crippen molar-refractivity contribution in [2.75, 3.05) is 13.1 Å². The van der Waals surface area contributed by atoms with Gasteiger partial charge in [-0.05, 0) is 25.7 Å². The Labute approximate surface area is 106 Å². The minimum absolute atomic E-state index is 0.0128. The average Bonchev–Trinajstić information content (AvgIpc) is 2.75. The summed E-state index contributed by atoms with van der Waals surface area (Å²) in [5.74, 6) is 0.0706. The first-order valence-corrected chi connectivity index (χ1v) is 6.15. The van der Waals surface area contributed by atoms with Crippen LogP contribution in [-0.2, 0) is 4.79 Å². The molecule has 0 unspecified atom stereocenters. The highest BCUT2D eigenvalue weighted by molar-refractivity contribution is 5.95. The van der Waals surface area contributed by atoms with Gasteiger partial charge >= 0.3 is 0 Å². The maximum Gasteiger partial charge on any atom is 0.257 e. The molecule has 1 saturated heterocycles.